The van der Waals surface area contributed by atoms with Crippen LogP contribution in [0.25, 0.3) is 11.4 Å². The molecule has 0 aromatic heterocycles. The number of ether oxygens (including phenoxy) is 1. The smallest absolute Gasteiger partial charge is 0.196 e. The summed E-state index contributed by atoms with van der Waals surface area (Å²) in [5.74, 6) is 0.878. The normalized spacial score (nSPS) is 15.2. The van der Waals surface area contributed by atoms with E-state index >= 15 is 0 Å². The van der Waals surface area contributed by atoms with E-state index in [1.165, 1.54) is 5.56 Å². The lowest BCUT2D eigenvalue weighted by atomic mass is 10.1. The maximum atomic E-state index is 5.50. The molecule has 1 N–H and O–H groups in total. The topological polar surface area (TPSA) is 36.9 Å². The molecule has 4 nitrogen and oxygen atoms in total. The number of thioether (sulfide) groups is 1. The average molecular weight is 415 g/mol. The Morgan fingerprint density at radius 1 is 1.04 bits per heavy atom. The number of halogens is 1. The first-order chi connectivity index (χ1) is 11.8. The zero-order chi connectivity index (χ0) is 16.4. The van der Waals surface area contributed by atoms with Crippen molar-refractivity contribution in [1.29, 1.82) is 0 Å². The minimum atomic E-state index is 0. The molecular weight excluding hydrogens is 398 g/mol. The van der Waals surface area contributed by atoms with Crippen LogP contribution >= 0.6 is 11.8 Å². The molecular formula is C19H17BrN3OS-. The van der Waals surface area contributed by atoms with E-state index in [2.05, 4.69) is 51.3 Å². The molecule has 2 aliphatic heterocycles. The Hall–Kier alpha value is -2.18. The van der Waals surface area contributed by atoms with Gasteiger partial charge in [0, 0.05) is 17.2 Å². The SMILES string of the molecule is CCOc1ccc(C2=CN3C(c4ccccc4)=CSC3=NN2)cc1.[Br-]. The van der Waals surface area contributed by atoms with Crippen molar-refractivity contribution in [1.82, 2.24) is 10.3 Å². The molecule has 6 heteroatoms. The molecule has 0 unspecified atom stereocenters. The number of hydrazone groups is 1. The van der Waals surface area contributed by atoms with Crippen molar-refractivity contribution in [2.75, 3.05) is 6.61 Å². The quantitative estimate of drug-likeness (QED) is 0.818. The van der Waals surface area contributed by atoms with Gasteiger partial charge in [-0.15, -0.1) is 5.10 Å². The number of rotatable bonds is 4. The fraction of sp³-hybridized carbons (Fsp3) is 0.105. The van der Waals surface area contributed by atoms with E-state index in [-0.39, 0.29) is 17.0 Å². The predicted molar refractivity (Wildman–Crippen MR) is 100 cm³/mol. The molecule has 25 heavy (non-hydrogen) atoms. The summed E-state index contributed by atoms with van der Waals surface area (Å²) >= 11 is 1.62. The Balaban J connectivity index is 0.00000182. The predicted octanol–water partition coefficient (Wildman–Crippen LogP) is 1.31. The van der Waals surface area contributed by atoms with Crippen molar-refractivity contribution < 1.29 is 21.7 Å². The average Bonchev–Trinajstić information content (AvgIpc) is 3.06. The van der Waals surface area contributed by atoms with Crippen LogP contribution < -0.4 is 27.1 Å². The Morgan fingerprint density at radius 2 is 1.80 bits per heavy atom. The standard InChI is InChI=1S/C19H17N3OS.BrH/c1-2-23-16-10-8-14(9-11-16)17-12-22-18(13-24-19(22)21-20-17)15-6-4-3-5-7-15;/h3-13,20H,2H2,1H3;1H/p-1. The lowest BCUT2D eigenvalue weighted by molar-refractivity contribution is -0.00000525. The van der Waals surface area contributed by atoms with E-state index in [0.29, 0.717) is 6.61 Å². The van der Waals surface area contributed by atoms with Gasteiger partial charge in [-0.05, 0) is 36.8 Å². The molecule has 0 aliphatic carbocycles. The van der Waals surface area contributed by atoms with E-state index < -0.39 is 0 Å². The van der Waals surface area contributed by atoms with E-state index in [4.69, 9.17) is 4.74 Å². The van der Waals surface area contributed by atoms with Crippen LogP contribution in [-0.4, -0.2) is 16.7 Å². The van der Waals surface area contributed by atoms with Gasteiger partial charge in [0.15, 0.2) is 5.17 Å². The lowest BCUT2D eigenvalue weighted by Gasteiger charge is -2.24. The number of nitrogens with one attached hydrogen (secondary N) is 1. The van der Waals surface area contributed by atoms with Gasteiger partial charge in [-0.25, -0.2) is 0 Å². The summed E-state index contributed by atoms with van der Waals surface area (Å²) in [6.07, 6.45) is 2.09. The van der Waals surface area contributed by atoms with E-state index in [0.717, 1.165) is 27.9 Å². The third-order valence-corrected chi connectivity index (χ3v) is 4.66. The van der Waals surface area contributed by atoms with Gasteiger partial charge >= 0.3 is 0 Å². The fourth-order valence-corrected chi connectivity index (χ4v) is 3.48. The number of hydrogen-bond acceptors (Lipinski definition) is 5. The van der Waals surface area contributed by atoms with Gasteiger partial charge in [0.05, 0.1) is 18.0 Å². The first-order valence-electron chi connectivity index (χ1n) is 7.85. The van der Waals surface area contributed by atoms with Crippen LogP contribution in [0.3, 0.4) is 0 Å². The molecule has 0 saturated heterocycles. The first-order valence-corrected chi connectivity index (χ1v) is 8.73. The molecule has 4 rings (SSSR count). The highest BCUT2D eigenvalue weighted by Gasteiger charge is 2.26. The summed E-state index contributed by atoms with van der Waals surface area (Å²) < 4.78 is 5.50. The highest BCUT2D eigenvalue weighted by atomic mass is 79.9. The maximum absolute atomic E-state index is 5.50. The minimum absolute atomic E-state index is 0. The highest BCUT2D eigenvalue weighted by molar-refractivity contribution is 8.16. The van der Waals surface area contributed by atoms with Crippen LogP contribution in [0, 0.1) is 0 Å². The molecule has 0 atom stereocenters. The number of benzene rings is 2. The number of amidine groups is 1. The third-order valence-electron chi connectivity index (χ3n) is 3.82. The molecule has 0 fully saturated rings. The summed E-state index contributed by atoms with van der Waals surface area (Å²) in [4.78, 5) is 2.13. The highest BCUT2D eigenvalue weighted by Crippen LogP contribution is 2.36. The van der Waals surface area contributed by atoms with Crippen LogP contribution in [0.2, 0.25) is 0 Å². The van der Waals surface area contributed by atoms with Gasteiger partial charge in [-0.1, -0.05) is 42.1 Å². The van der Waals surface area contributed by atoms with E-state index in [1.807, 2.05) is 37.3 Å². The van der Waals surface area contributed by atoms with Crippen molar-refractivity contribution >= 4 is 28.3 Å². The van der Waals surface area contributed by atoms with Crippen LogP contribution in [-0.2, 0) is 0 Å². The van der Waals surface area contributed by atoms with Crippen molar-refractivity contribution in [3.8, 4) is 5.75 Å². The van der Waals surface area contributed by atoms with Crippen LogP contribution in [0.15, 0.2) is 71.3 Å². The fourth-order valence-electron chi connectivity index (χ4n) is 2.65. The molecule has 0 radical (unpaired) electrons. The summed E-state index contributed by atoms with van der Waals surface area (Å²) in [5.41, 5.74) is 7.50. The van der Waals surface area contributed by atoms with E-state index in [9.17, 15) is 0 Å². The minimum Gasteiger partial charge on any atom is -1.00 e. The zero-order valence-corrected chi connectivity index (χ0v) is 16.0. The van der Waals surface area contributed by atoms with Gasteiger partial charge in [0.1, 0.15) is 5.75 Å². The van der Waals surface area contributed by atoms with Crippen LogP contribution in [0.1, 0.15) is 18.1 Å². The Morgan fingerprint density at radius 3 is 2.52 bits per heavy atom. The van der Waals surface area contributed by atoms with Gasteiger partial charge in [-0.3, -0.25) is 10.3 Å². The zero-order valence-electron chi connectivity index (χ0n) is 13.6. The second kappa shape index (κ2) is 7.80. The molecule has 0 bridgehead atoms. The lowest BCUT2D eigenvalue weighted by Crippen LogP contribution is -3.00. The molecule has 0 spiro atoms. The molecule has 128 valence electrons. The number of fused-ring (bicyclic) bond motifs is 1. The molecule has 0 amide bonds. The maximum Gasteiger partial charge on any atom is 0.196 e. The van der Waals surface area contributed by atoms with E-state index in [1.54, 1.807) is 11.8 Å². The van der Waals surface area contributed by atoms with Crippen molar-refractivity contribution in [2.45, 2.75) is 6.92 Å². The summed E-state index contributed by atoms with van der Waals surface area (Å²) in [6, 6.07) is 18.4. The second-order valence-corrected chi connectivity index (χ2v) is 6.20. The summed E-state index contributed by atoms with van der Waals surface area (Å²) in [6.45, 7) is 2.65. The van der Waals surface area contributed by atoms with Gasteiger partial charge in [-0.2, -0.15) is 0 Å². The monoisotopic (exact) mass is 414 g/mol. The molecule has 2 aliphatic rings. The summed E-state index contributed by atoms with van der Waals surface area (Å²) in [7, 11) is 0. The van der Waals surface area contributed by atoms with Crippen molar-refractivity contribution in [3.63, 3.8) is 0 Å². The first kappa shape index (κ1) is 17.6. The Labute approximate surface area is 162 Å². The molecule has 0 saturated carbocycles. The van der Waals surface area contributed by atoms with Crippen LogP contribution in [0.5, 0.6) is 5.75 Å². The third kappa shape index (κ3) is 3.60. The second-order valence-electron chi connectivity index (χ2n) is 5.36. The largest absolute Gasteiger partial charge is 1.00 e. The molecule has 2 heterocycles. The van der Waals surface area contributed by atoms with Gasteiger partial charge in [0.25, 0.3) is 0 Å². The Kier molecular flexibility index (Phi) is 5.50. The Bertz CT molecular complexity index is 832. The number of nitrogens with zero attached hydrogens (tertiary/aromatic N) is 2. The van der Waals surface area contributed by atoms with Gasteiger partial charge in [0.2, 0.25) is 0 Å². The molecule has 2 aromatic rings. The van der Waals surface area contributed by atoms with Crippen LogP contribution in [0.4, 0.5) is 0 Å². The summed E-state index contributed by atoms with van der Waals surface area (Å²) in [5, 5.41) is 7.55. The van der Waals surface area contributed by atoms with Crippen molar-refractivity contribution in [3.05, 3.63) is 77.3 Å². The van der Waals surface area contributed by atoms with Gasteiger partial charge < -0.3 is 21.7 Å². The van der Waals surface area contributed by atoms with Crippen molar-refractivity contribution in [2.24, 2.45) is 5.10 Å². The number of hydrogen-bond donors (Lipinski definition) is 1. The molecule has 2 aromatic carbocycles.